The van der Waals surface area contributed by atoms with Crippen molar-refractivity contribution in [2.45, 2.75) is 37.8 Å². The van der Waals surface area contributed by atoms with Gasteiger partial charge in [-0.2, -0.15) is 0 Å². The van der Waals surface area contributed by atoms with Gasteiger partial charge < -0.3 is 11.1 Å². The summed E-state index contributed by atoms with van der Waals surface area (Å²) in [4.78, 5) is 0. The van der Waals surface area contributed by atoms with Crippen molar-refractivity contribution in [3.8, 4) is 0 Å². The highest BCUT2D eigenvalue weighted by atomic mass is 15.1. The zero-order valence-corrected chi connectivity index (χ0v) is 7.72. The summed E-state index contributed by atoms with van der Waals surface area (Å²) >= 11 is 0. The van der Waals surface area contributed by atoms with Crippen LogP contribution in [0, 0.1) is 5.92 Å². The lowest BCUT2D eigenvalue weighted by molar-refractivity contribution is 0.0585. The molecule has 3 unspecified atom stereocenters. The third kappa shape index (κ3) is 0.947. The molecule has 68 valence electrons. The fraction of sp³-hybridized carbons (Fsp3) is 0.800. The minimum atomic E-state index is 0.415. The Labute approximate surface area is 74.2 Å². The van der Waals surface area contributed by atoms with Crippen LogP contribution in [0.15, 0.2) is 12.2 Å². The molecule has 0 spiro atoms. The molecule has 3 atom stereocenters. The van der Waals surface area contributed by atoms with Crippen molar-refractivity contribution in [2.24, 2.45) is 11.7 Å². The minimum Gasteiger partial charge on any atom is -0.330 e. The first-order valence-electron chi connectivity index (χ1n) is 4.98. The standard InChI is InChI=1S/C10H18N2/c1-2-10(6-3-7-11)8-4-5-9(8)12-10/h4-5,8-9,12H,2-3,6-7,11H2,1H3. The normalized spacial score (nSPS) is 43.2. The van der Waals surface area contributed by atoms with Crippen LogP contribution in [0.25, 0.3) is 0 Å². The molecule has 1 saturated heterocycles. The van der Waals surface area contributed by atoms with Crippen LogP contribution >= 0.6 is 0 Å². The first-order valence-corrected chi connectivity index (χ1v) is 4.98. The largest absolute Gasteiger partial charge is 0.330 e. The summed E-state index contributed by atoms with van der Waals surface area (Å²) in [6.45, 7) is 3.09. The van der Waals surface area contributed by atoms with Crippen LogP contribution in [0.4, 0.5) is 0 Å². The Bertz CT molecular complexity index is 200. The molecule has 2 aliphatic rings. The molecule has 1 heterocycles. The van der Waals surface area contributed by atoms with Crippen LogP contribution < -0.4 is 11.1 Å². The van der Waals surface area contributed by atoms with E-state index in [0.29, 0.717) is 11.6 Å². The Morgan fingerprint density at radius 3 is 2.67 bits per heavy atom. The molecule has 1 fully saturated rings. The second-order valence-electron chi connectivity index (χ2n) is 3.98. The van der Waals surface area contributed by atoms with Crippen LogP contribution in [-0.4, -0.2) is 18.1 Å². The van der Waals surface area contributed by atoms with E-state index in [4.69, 9.17) is 5.73 Å². The number of fused-ring (bicyclic) bond motifs is 1. The summed E-state index contributed by atoms with van der Waals surface area (Å²) in [6.07, 6.45) is 8.24. The number of nitrogens with two attached hydrogens (primary N) is 1. The Kier molecular flexibility index (Phi) is 1.97. The van der Waals surface area contributed by atoms with Crippen LogP contribution in [0.3, 0.4) is 0 Å². The van der Waals surface area contributed by atoms with E-state index in [1.807, 2.05) is 0 Å². The fourth-order valence-corrected chi connectivity index (χ4v) is 2.50. The molecule has 0 amide bonds. The van der Waals surface area contributed by atoms with E-state index in [0.717, 1.165) is 18.9 Å². The highest BCUT2D eigenvalue weighted by molar-refractivity contribution is 5.30. The first kappa shape index (κ1) is 8.27. The number of hydrogen-bond donors (Lipinski definition) is 2. The lowest BCUT2D eigenvalue weighted by Crippen LogP contribution is -2.73. The molecule has 0 radical (unpaired) electrons. The molecule has 2 heteroatoms. The van der Waals surface area contributed by atoms with Gasteiger partial charge in [0.25, 0.3) is 0 Å². The van der Waals surface area contributed by atoms with Crippen LogP contribution in [-0.2, 0) is 0 Å². The molecule has 2 rings (SSSR count). The van der Waals surface area contributed by atoms with Gasteiger partial charge in [-0.05, 0) is 25.8 Å². The second kappa shape index (κ2) is 2.86. The molecule has 0 saturated carbocycles. The molecule has 12 heavy (non-hydrogen) atoms. The van der Waals surface area contributed by atoms with E-state index in [9.17, 15) is 0 Å². The summed E-state index contributed by atoms with van der Waals surface area (Å²) in [6, 6.07) is 0.697. The van der Waals surface area contributed by atoms with Crippen molar-refractivity contribution in [3.05, 3.63) is 12.2 Å². The Morgan fingerprint density at radius 2 is 2.33 bits per heavy atom. The first-order chi connectivity index (χ1) is 5.82. The number of hydrogen-bond acceptors (Lipinski definition) is 2. The van der Waals surface area contributed by atoms with Gasteiger partial charge in [0.05, 0.1) is 0 Å². The lowest BCUT2D eigenvalue weighted by Gasteiger charge is -2.59. The predicted octanol–water partition coefficient (Wildman–Crippen LogP) is 1.03. The van der Waals surface area contributed by atoms with Crippen LogP contribution in [0.1, 0.15) is 26.2 Å². The Morgan fingerprint density at radius 1 is 1.50 bits per heavy atom. The lowest BCUT2D eigenvalue weighted by atomic mass is 9.61. The fourth-order valence-electron chi connectivity index (χ4n) is 2.50. The molecule has 0 aromatic rings. The van der Waals surface area contributed by atoms with E-state index >= 15 is 0 Å². The summed E-state index contributed by atoms with van der Waals surface area (Å²) in [5.74, 6) is 0.814. The van der Waals surface area contributed by atoms with E-state index < -0.39 is 0 Å². The average molecular weight is 166 g/mol. The van der Waals surface area contributed by atoms with Crippen molar-refractivity contribution in [1.82, 2.24) is 5.32 Å². The molecular weight excluding hydrogens is 148 g/mol. The van der Waals surface area contributed by atoms with Crippen molar-refractivity contribution >= 4 is 0 Å². The third-order valence-corrected chi connectivity index (χ3v) is 3.46. The maximum absolute atomic E-state index is 5.52. The van der Waals surface area contributed by atoms with Crippen molar-refractivity contribution < 1.29 is 0 Å². The topological polar surface area (TPSA) is 38.0 Å². The number of nitrogens with one attached hydrogen (secondary N) is 1. The van der Waals surface area contributed by atoms with Gasteiger partial charge in [-0.25, -0.2) is 0 Å². The van der Waals surface area contributed by atoms with Crippen molar-refractivity contribution in [3.63, 3.8) is 0 Å². The van der Waals surface area contributed by atoms with Crippen LogP contribution in [0.5, 0.6) is 0 Å². The Hall–Kier alpha value is -0.340. The highest BCUT2D eigenvalue weighted by Crippen LogP contribution is 2.44. The van der Waals surface area contributed by atoms with Gasteiger partial charge in [-0.1, -0.05) is 19.1 Å². The van der Waals surface area contributed by atoms with Gasteiger partial charge in [-0.3, -0.25) is 0 Å². The maximum atomic E-state index is 5.52. The smallest absolute Gasteiger partial charge is 0.0336 e. The molecule has 1 aliphatic heterocycles. The van der Waals surface area contributed by atoms with Gasteiger partial charge in [0.1, 0.15) is 0 Å². The van der Waals surface area contributed by atoms with E-state index in [1.165, 1.54) is 12.8 Å². The van der Waals surface area contributed by atoms with Crippen LogP contribution in [0.2, 0.25) is 0 Å². The summed E-state index contributed by atoms with van der Waals surface area (Å²) in [5, 5.41) is 3.63. The predicted molar refractivity (Wildman–Crippen MR) is 50.9 cm³/mol. The van der Waals surface area contributed by atoms with Gasteiger partial charge >= 0.3 is 0 Å². The van der Waals surface area contributed by atoms with Crippen molar-refractivity contribution in [1.29, 1.82) is 0 Å². The summed E-state index contributed by atoms with van der Waals surface area (Å²) in [5.41, 5.74) is 5.94. The highest BCUT2D eigenvalue weighted by Gasteiger charge is 2.52. The van der Waals surface area contributed by atoms with E-state index in [2.05, 4.69) is 24.4 Å². The molecule has 1 aliphatic carbocycles. The minimum absolute atomic E-state index is 0.415. The number of rotatable bonds is 4. The Balaban J connectivity index is 1.93. The molecule has 0 aromatic heterocycles. The van der Waals surface area contributed by atoms with E-state index in [1.54, 1.807) is 0 Å². The monoisotopic (exact) mass is 166 g/mol. The molecule has 2 nitrogen and oxygen atoms in total. The summed E-state index contributed by atoms with van der Waals surface area (Å²) < 4.78 is 0. The zero-order valence-electron chi connectivity index (χ0n) is 7.72. The van der Waals surface area contributed by atoms with Gasteiger partial charge in [-0.15, -0.1) is 0 Å². The molecule has 3 N–H and O–H groups in total. The quantitative estimate of drug-likeness (QED) is 0.612. The second-order valence-corrected chi connectivity index (χ2v) is 3.98. The average Bonchev–Trinajstić information content (AvgIpc) is 2.07. The van der Waals surface area contributed by atoms with Gasteiger partial charge in [0, 0.05) is 17.5 Å². The third-order valence-electron chi connectivity index (χ3n) is 3.46. The van der Waals surface area contributed by atoms with E-state index in [-0.39, 0.29) is 0 Å². The molecule has 0 bridgehead atoms. The van der Waals surface area contributed by atoms with Crippen molar-refractivity contribution in [2.75, 3.05) is 6.54 Å². The maximum Gasteiger partial charge on any atom is 0.0336 e. The zero-order chi connectivity index (χ0) is 8.60. The molecular formula is C10H18N2. The van der Waals surface area contributed by atoms with Gasteiger partial charge in [0.15, 0.2) is 0 Å². The summed E-state index contributed by atoms with van der Waals surface area (Å²) in [7, 11) is 0. The van der Waals surface area contributed by atoms with Gasteiger partial charge in [0.2, 0.25) is 0 Å². The SMILES string of the molecule is CCC1(CCCN)NC2C=CC21. The molecule has 0 aromatic carbocycles.